The van der Waals surface area contributed by atoms with Crippen LogP contribution in [-0.2, 0) is 9.53 Å². The minimum absolute atomic E-state index is 0. The lowest BCUT2D eigenvalue weighted by Crippen LogP contribution is -1.85. The third kappa shape index (κ3) is 12.1. The molecule has 0 unspecified atom stereocenters. The Morgan fingerprint density at radius 2 is 1.42 bits per heavy atom. The van der Waals surface area contributed by atoms with Gasteiger partial charge in [-0.1, -0.05) is 38.5 Å². The van der Waals surface area contributed by atoms with Gasteiger partial charge in [-0.3, -0.25) is 4.79 Å². The van der Waals surface area contributed by atoms with E-state index >= 15 is 0 Å². The topological polar surface area (TPSA) is 57.8 Å². The number of ether oxygens (including phenoxy) is 1. The predicted molar refractivity (Wildman–Crippen MR) is 49.0 cm³/mol. The predicted octanol–water partition coefficient (Wildman–Crippen LogP) is 1.70. The van der Waals surface area contributed by atoms with Gasteiger partial charge in [0.05, 0.1) is 6.61 Å². The third-order valence-electron chi connectivity index (χ3n) is 1.73. The molecule has 0 aromatic carbocycles. The van der Waals surface area contributed by atoms with Crippen LogP contribution in [0.1, 0.15) is 45.4 Å². The van der Waals surface area contributed by atoms with Crippen LogP contribution in [0.4, 0.5) is 0 Å². The van der Waals surface area contributed by atoms with E-state index in [0.29, 0.717) is 13.1 Å². The van der Waals surface area contributed by atoms with E-state index < -0.39 is 0 Å². The first-order valence-electron chi connectivity index (χ1n) is 4.47. The first-order valence-corrected chi connectivity index (χ1v) is 4.47. The van der Waals surface area contributed by atoms with Gasteiger partial charge >= 0.3 is 0 Å². The quantitative estimate of drug-likeness (QED) is 0.601. The van der Waals surface area contributed by atoms with E-state index in [1.54, 1.807) is 6.92 Å². The Morgan fingerprint density at radius 1 is 1.08 bits per heavy atom. The molecule has 2 N–H and O–H groups in total. The highest BCUT2D eigenvalue weighted by Gasteiger charge is 1.95. The molecule has 0 heterocycles. The van der Waals surface area contributed by atoms with Crippen molar-refractivity contribution < 1.29 is 15.0 Å². The number of hydrogen-bond acceptors (Lipinski definition) is 2. The maximum atomic E-state index is 9.18. The highest BCUT2D eigenvalue weighted by molar-refractivity contribution is 5.36. The maximum absolute atomic E-state index is 9.18. The average Bonchev–Trinajstić information content (AvgIpc) is 2.10. The van der Waals surface area contributed by atoms with Crippen LogP contribution in [0.2, 0.25) is 0 Å². The molecule has 1 aliphatic rings. The molecule has 12 heavy (non-hydrogen) atoms. The lowest BCUT2D eigenvalue weighted by atomic mass is 10.0. The molecule has 0 bridgehead atoms. The molecule has 74 valence electrons. The summed E-state index contributed by atoms with van der Waals surface area (Å²) in [6.45, 7) is 2.66. The van der Waals surface area contributed by atoms with Crippen molar-refractivity contribution in [2.24, 2.45) is 0 Å². The second-order valence-electron chi connectivity index (χ2n) is 2.67. The van der Waals surface area contributed by atoms with Crippen molar-refractivity contribution in [2.45, 2.75) is 45.4 Å². The zero-order chi connectivity index (χ0) is 8.36. The summed E-state index contributed by atoms with van der Waals surface area (Å²) in [6, 6.07) is 0. The number of hydrogen-bond donors (Lipinski definition) is 0. The molecule has 1 aliphatic carbocycles. The van der Waals surface area contributed by atoms with E-state index in [4.69, 9.17) is 0 Å². The summed E-state index contributed by atoms with van der Waals surface area (Å²) in [6.07, 6.45) is 9.00. The van der Waals surface area contributed by atoms with E-state index in [9.17, 15) is 4.79 Å². The van der Waals surface area contributed by atoms with Gasteiger partial charge in [0.2, 0.25) is 0 Å². The van der Waals surface area contributed by atoms with Crippen LogP contribution in [0.3, 0.4) is 0 Å². The summed E-state index contributed by atoms with van der Waals surface area (Å²) in [4.78, 5) is 9.18. The van der Waals surface area contributed by atoms with Crippen molar-refractivity contribution in [3.8, 4) is 0 Å². The van der Waals surface area contributed by atoms with Crippen molar-refractivity contribution in [3.05, 3.63) is 0 Å². The minimum Gasteiger partial charge on any atom is -0.468 e. The maximum Gasteiger partial charge on any atom is 0.293 e. The second-order valence-corrected chi connectivity index (χ2v) is 2.67. The van der Waals surface area contributed by atoms with E-state index in [1.807, 2.05) is 0 Å². The Morgan fingerprint density at radius 3 is 1.50 bits per heavy atom. The van der Waals surface area contributed by atoms with Crippen molar-refractivity contribution in [1.29, 1.82) is 0 Å². The van der Waals surface area contributed by atoms with Crippen LogP contribution in [-0.4, -0.2) is 18.6 Å². The number of carbonyl (C=O) groups excluding carboxylic acids is 1. The van der Waals surface area contributed by atoms with Crippen LogP contribution in [0, 0.1) is 0 Å². The summed E-state index contributed by atoms with van der Waals surface area (Å²) < 4.78 is 4.15. The second kappa shape index (κ2) is 13.1. The van der Waals surface area contributed by atoms with Crippen LogP contribution < -0.4 is 0 Å². The monoisotopic (exact) mass is 176 g/mol. The molecule has 0 aliphatic heterocycles. The van der Waals surface area contributed by atoms with Gasteiger partial charge in [0.25, 0.3) is 6.47 Å². The first-order chi connectivity index (χ1) is 5.41. The van der Waals surface area contributed by atoms with Gasteiger partial charge in [-0.25, -0.2) is 0 Å². The molecular weight excluding hydrogens is 156 g/mol. The van der Waals surface area contributed by atoms with E-state index in [-0.39, 0.29) is 5.48 Å². The molecule has 0 aromatic rings. The number of rotatable bonds is 2. The molecule has 3 heteroatoms. The highest BCUT2D eigenvalue weighted by Crippen LogP contribution is 2.15. The van der Waals surface area contributed by atoms with Crippen LogP contribution in [0.25, 0.3) is 0 Å². The molecule has 3 nitrogen and oxygen atoms in total. The standard InChI is InChI=1S/C6H12.C3H6O2.H2O/c1-2-4-6-5-3-1;1-2-5-3-4;/h1-6H2;3H,2H2,1H3;1H2. The van der Waals surface area contributed by atoms with Gasteiger partial charge in [0.15, 0.2) is 0 Å². The largest absolute Gasteiger partial charge is 0.468 e. The van der Waals surface area contributed by atoms with Crippen molar-refractivity contribution in [2.75, 3.05) is 6.61 Å². The van der Waals surface area contributed by atoms with E-state index in [1.165, 1.54) is 38.5 Å². The van der Waals surface area contributed by atoms with Gasteiger partial charge in [0.1, 0.15) is 0 Å². The lowest BCUT2D eigenvalue weighted by molar-refractivity contribution is -0.128. The molecule has 0 radical (unpaired) electrons. The SMILES string of the molecule is C1CCCCC1.CCOC=O.O. The molecular formula is C9H20O3. The Hall–Kier alpha value is -0.570. The summed E-state index contributed by atoms with van der Waals surface area (Å²) in [5, 5.41) is 0. The Balaban J connectivity index is 0. The summed E-state index contributed by atoms with van der Waals surface area (Å²) >= 11 is 0. The molecule has 0 saturated heterocycles. The van der Waals surface area contributed by atoms with Crippen LogP contribution in [0.5, 0.6) is 0 Å². The fourth-order valence-corrected chi connectivity index (χ4v) is 1.13. The highest BCUT2D eigenvalue weighted by atomic mass is 16.5. The summed E-state index contributed by atoms with van der Waals surface area (Å²) in [5.41, 5.74) is 0. The summed E-state index contributed by atoms with van der Waals surface area (Å²) in [7, 11) is 0. The van der Waals surface area contributed by atoms with Gasteiger partial charge in [-0.15, -0.1) is 0 Å². The van der Waals surface area contributed by atoms with Gasteiger partial charge in [-0.05, 0) is 6.92 Å². The third-order valence-corrected chi connectivity index (χ3v) is 1.73. The van der Waals surface area contributed by atoms with Crippen molar-refractivity contribution >= 4 is 6.47 Å². The van der Waals surface area contributed by atoms with E-state index in [0.717, 1.165) is 0 Å². The first kappa shape index (κ1) is 14.0. The van der Waals surface area contributed by atoms with E-state index in [2.05, 4.69) is 4.74 Å². The zero-order valence-electron chi connectivity index (χ0n) is 7.84. The average molecular weight is 176 g/mol. The fraction of sp³-hybridized carbons (Fsp3) is 0.889. The van der Waals surface area contributed by atoms with Crippen molar-refractivity contribution in [1.82, 2.24) is 0 Å². The Labute approximate surface area is 74.4 Å². The normalized spacial score (nSPS) is 14.8. The smallest absolute Gasteiger partial charge is 0.293 e. The minimum atomic E-state index is 0. The van der Waals surface area contributed by atoms with Crippen LogP contribution >= 0.6 is 0 Å². The fourth-order valence-electron chi connectivity index (χ4n) is 1.13. The lowest BCUT2D eigenvalue weighted by Gasteiger charge is -2.05. The number of carbonyl (C=O) groups is 1. The molecule has 0 amide bonds. The van der Waals surface area contributed by atoms with Gasteiger partial charge in [0, 0.05) is 0 Å². The molecule has 1 saturated carbocycles. The Bertz CT molecular complexity index is 68.3. The molecule has 0 aromatic heterocycles. The molecule has 0 atom stereocenters. The molecule has 0 spiro atoms. The summed E-state index contributed by atoms with van der Waals surface area (Å²) in [5.74, 6) is 0. The van der Waals surface area contributed by atoms with Gasteiger partial charge < -0.3 is 10.2 Å². The van der Waals surface area contributed by atoms with Crippen molar-refractivity contribution in [3.63, 3.8) is 0 Å². The van der Waals surface area contributed by atoms with Gasteiger partial charge in [-0.2, -0.15) is 0 Å². The Kier molecular flexibility index (Phi) is 15.2. The van der Waals surface area contributed by atoms with Crippen LogP contribution in [0.15, 0.2) is 0 Å². The molecule has 1 fully saturated rings. The zero-order valence-corrected chi connectivity index (χ0v) is 7.84. The molecule has 1 rings (SSSR count).